The van der Waals surface area contributed by atoms with Gasteiger partial charge in [-0.15, -0.1) is 0 Å². The van der Waals surface area contributed by atoms with Crippen molar-refractivity contribution >= 4 is 6.03 Å². The Kier molecular flexibility index (Phi) is 6.27. The fourth-order valence-corrected chi connectivity index (χ4v) is 2.68. The molecular weight excluding hydrogens is 254 g/mol. The molecule has 20 heavy (non-hydrogen) atoms. The fraction of sp³-hybridized carbons (Fsp3) is 0.933. The summed E-state index contributed by atoms with van der Waals surface area (Å²) >= 11 is 0. The molecule has 1 aliphatic rings. The number of morpholine rings is 1. The van der Waals surface area contributed by atoms with Gasteiger partial charge in [-0.05, 0) is 32.9 Å². The lowest BCUT2D eigenvalue weighted by Crippen LogP contribution is -2.56. The third kappa shape index (κ3) is 4.63. The van der Waals surface area contributed by atoms with E-state index in [0.29, 0.717) is 19.8 Å². The van der Waals surface area contributed by atoms with Gasteiger partial charge in [0.05, 0.1) is 19.3 Å². The number of urea groups is 1. The third-order valence-electron chi connectivity index (χ3n) is 4.20. The average molecular weight is 285 g/mol. The van der Waals surface area contributed by atoms with Crippen molar-refractivity contribution in [3.05, 3.63) is 0 Å². The van der Waals surface area contributed by atoms with E-state index in [1.165, 1.54) is 0 Å². The van der Waals surface area contributed by atoms with E-state index < -0.39 is 0 Å². The van der Waals surface area contributed by atoms with Crippen LogP contribution in [-0.2, 0) is 4.74 Å². The number of carbonyl (C=O) groups excluding carboxylic acids is 1. The van der Waals surface area contributed by atoms with Crippen LogP contribution in [0.1, 0.15) is 34.1 Å². The molecule has 2 atom stereocenters. The predicted molar refractivity (Wildman–Crippen MR) is 81.9 cm³/mol. The normalized spacial score (nSPS) is 21.9. The van der Waals surface area contributed by atoms with Crippen molar-refractivity contribution in [1.82, 2.24) is 15.1 Å². The average Bonchev–Trinajstić information content (AvgIpc) is 2.37. The van der Waals surface area contributed by atoms with Crippen LogP contribution in [0.5, 0.6) is 0 Å². The molecule has 118 valence electrons. The van der Waals surface area contributed by atoms with Gasteiger partial charge >= 0.3 is 6.03 Å². The predicted octanol–water partition coefficient (Wildman–Crippen LogP) is 1.78. The Balaban J connectivity index is 2.59. The summed E-state index contributed by atoms with van der Waals surface area (Å²) < 4.78 is 5.45. The summed E-state index contributed by atoms with van der Waals surface area (Å²) in [4.78, 5) is 16.5. The quantitative estimate of drug-likeness (QED) is 0.837. The number of amides is 2. The van der Waals surface area contributed by atoms with E-state index in [-0.39, 0.29) is 23.5 Å². The van der Waals surface area contributed by atoms with Crippen LogP contribution in [0.25, 0.3) is 0 Å². The molecule has 0 bridgehead atoms. The molecule has 0 aromatic rings. The Morgan fingerprint density at radius 2 is 2.15 bits per heavy atom. The fourth-order valence-electron chi connectivity index (χ4n) is 2.68. The van der Waals surface area contributed by atoms with Gasteiger partial charge < -0.3 is 19.9 Å². The first-order valence-corrected chi connectivity index (χ1v) is 7.57. The molecule has 0 aliphatic carbocycles. The van der Waals surface area contributed by atoms with E-state index in [0.717, 1.165) is 13.0 Å². The van der Waals surface area contributed by atoms with E-state index in [1.54, 1.807) is 0 Å². The summed E-state index contributed by atoms with van der Waals surface area (Å²) in [5.41, 5.74) is 0.0349. The van der Waals surface area contributed by atoms with Crippen LogP contribution in [0.15, 0.2) is 0 Å². The van der Waals surface area contributed by atoms with Crippen LogP contribution >= 0.6 is 0 Å². The highest BCUT2D eigenvalue weighted by Gasteiger charge is 2.31. The van der Waals surface area contributed by atoms with Crippen molar-refractivity contribution in [2.45, 2.75) is 46.2 Å². The van der Waals surface area contributed by atoms with Gasteiger partial charge in [-0.2, -0.15) is 0 Å². The first kappa shape index (κ1) is 17.2. The van der Waals surface area contributed by atoms with Crippen LogP contribution in [0.2, 0.25) is 0 Å². The van der Waals surface area contributed by atoms with Crippen molar-refractivity contribution < 1.29 is 9.53 Å². The molecule has 1 heterocycles. The van der Waals surface area contributed by atoms with E-state index in [9.17, 15) is 4.79 Å². The van der Waals surface area contributed by atoms with Gasteiger partial charge in [-0.25, -0.2) is 4.79 Å². The summed E-state index contributed by atoms with van der Waals surface area (Å²) in [5, 5.41) is 3.16. The molecule has 5 heteroatoms. The topological polar surface area (TPSA) is 44.8 Å². The first-order valence-electron chi connectivity index (χ1n) is 7.57. The van der Waals surface area contributed by atoms with E-state index in [2.05, 4.69) is 52.0 Å². The molecule has 1 fully saturated rings. The second kappa shape index (κ2) is 7.27. The summed E-state index contributed by atoms with van der Waals surface area (Å²) in [6.07, 6.45) is 0.933. The lowest BCUT2D eigenvalue weighted by Gasteiger charge is -2.39. The maximum absolute atomic E-state index is 12.5. The zero-order valence-corrected chi connectivity index (χ0v) is 13.9. The zero-order chi connectivity index (χ0) is 15.3. The molecule has 1 N–H and O–H groups in total. The molecule has 1 aliphatic heterocycles. The van der Waals surface area contributed by atoms with Gasteiger partial charge in [-0.3, -0.25) is 0 Å². The van der Waals surface area contributed by atoms with Gasteiger partial charge in [-0.1, -0.05) is 20.8 Å². The van der Waals surface area contributed by atoms with Crippen LogP contribution < -0.4 is 5.32 Å². The summed E-state index contributed by atoms with van der Waals surface area (Å²) in [6.45, 7) is 11.5. The molecule has 0 aromatic heterocycles. The molecule has 0 saturated carbocycles. The molecular formula is C15H31N3O2. The summed E-state index contributed by atoms with van der Waals surface area (Å²) in [5.74, 6) is 0. The first-order chi connectivity index (χ1) is 9.27. The summed E-state index contributed by atoms with van der Waals surface area (Å²) in [6, 6.07) is 0.366. The highest BCUT2D eigenvalue weighted by Crippen LogP contribution is 2.22. The second-order valence-electron chi connectivity index (χ2n) is 6.73. The Bertz CT molecular complexity index is 318. The van der Waals surface area contributed by atoms with Gasteiger partial charge in [0.15, 0.2) is 0 Å². The molecule has 1 rings (SSSR count). The van der Waals surface area contributed by atoms with Crippen molar-refractivity contribution in [3.8, 4) is 0 Å². The lowest BCUT2D eigenvalue weighted by atomic mass is 9.85. The number of hydrogen-bond acceptors (Lipinski definition) is 3. The van der Waals surface area contributed by atoms with Crippen LogP contribution in [0.3, 0.4) is 0 Å². The third-order valence-corrected chi connectivity index (χ3v) is 4.20. The standard InChI is InChI=1S/C15H31N3O2/c1-7-13-10-20-9-8-18(13)14(19)16-12(2)15(3,4)11-17(5)6/h12-13H,7-11H2,1-6H3,(H,16,19). The molecule has 0 spiro atoms. The Hall–Kier alpha value is -0.810. The van der Waals surface area contributed by atoms with Crippen LogP contribution in [-0.4, -0.2) is 68.3 Å². The van der Waals surface area contributed by atoms with Gasteiger partial charge in [0.1, 0.15) is 0 Å². The largest absolute Gasteiger partial charge is 0.377 e. The number of carbonyl (C=O) groups is 1. The summed E-state index contributed by atoms with van der Waals surface area (Å²) in [7, 11) is 4.12. The van der Waals surface area contributed by atoms with Crippen molar-refractivity contribution in [1.29, 1.82) is 0 Å². The van der Waals surface area contributed by atoms with Crippen LogP contribution in [0.4, 0.5) is 4.79 Å². The minimum Gasteiger partial charge on any atom is -0.377 e. The molecule has 5 nitrogen and oxygen atoms in total. The van der Waals surface area contributed by atoms with Crippen molar-refractivity contribution in [2.24, 2.45) is 5.41 Å². The van der Waals surface area contributed by atoms with Crippen LogP contribution in [0, 0.1) is 5.41 Å². The second-order valence-corrected chi connectivity index (χ2v) is 6.73. The number of ether oxygens (including phenoxy) is 1. The molecule has 2 unspecified atom stereocenters. The van der Waals surface area contributed by atoms with E-state index >= 15 is 0 Å². The minimum atomic E-state index is 0.0349. The van der Waals surface area contributed by atoms with Crippen molar-refractivity contribution in [3.63, 3.8) is 0 Å². The van der Waals surface area contributed by atoms with E-state index in [4.69, 9.17) is 4.74 Å². The maximum Gasteiger partial charge on any atom is 0.318 e. The Morgan fingerprint density at radius 3 is 2.70 bits per heavy atom. The SMILES string of the molecule is CCC1COCCN1C(=O)NC(C)C(C)(C)CN(C)C. The number of nitrogens with one attached hydrogen (secondary N) is 1. The molecule has 2 amide bonds. The zero-order valence-electron chi connectivity index (χ0n) is 13.9. The smallest absolute Gasteiger partial charge is 0.318 e. The van der Waals surface area contributed by atoms with E-state index in [1.807, 2.05) is 4.90 Å². The highest BCUT2D eigenvalue weighted by atomic mass is 16.5. The number of hydrogen-bond donors (Lipinski definition) is 1. The molecule has 1 saturated heterocycles. The van der Waals surface area contributed by atoms with Gasteiger partial charge in [0.2, 0.25) is 0 Å². The van der Waals surface area contributed by atoms with Crippen molar-refractivity contribution in [2.75, 3.05) is 40.4 Å². The minimum absolute atomic E-state index is 0.0349. The number of nitrogens with zero attached hydrogens (tertiary/aromatic N) is 2. The number of rotatable bonds is 5. The maximum atomic E-state index is 12.5. The highest BCUT2D eigenvalue weighted by molar-refractivity contribution is 5.75. The Labute approximate surface area is 123 Å². The van der Waals surface area contributed by atoms with Gasteiger partial charge in [0.25, 0.3) is 0 Å². The monoisotopic (exact) mass is 285 g/mol. The lowest BCUT2D eigenvalue weighted by molar-refractivity contribution is 0.00959. The van der Waals surface area contributed by atoms with Gasteiger partial charge in [0, 0.05) is 19.1 Å². The molecule has 0 aromatic carbocycles. The molecule has 0 radical (unpaired) electrons. The Morgan fingerprint density at radius 1 is 1.50 bits per heavy atom.